The van der Waals surface area contributed by atoms with E-state index in [-0.39, 0.29) is 0 Å². The van der Waals surface area contributed by atoms with Crippen LogP contribution in [0.3, 0.4) is 0 Å². The molecule has 0 spiro atoms. The summed E-state index contributed by atoms with van der Waals surface area (Å²) in [7, 11) is 0. The Balaban J connectivity index is 1.56. The third-order valence-electron chi connectivity index (χ3n) is 6.09. The second-order valence-electron chi connectivity index (χ2n) is 8.24. The number of aromatic nitrogens is 4. The molecule has 1 aromatic carbocycles. The molecule has 31 heavy (non-hydrogen) atoms. The lowest BCUT2D eigenvalue weighted by molar-refractivity contribution is 0.316. The van der Waals surface area contributed by atoms with E-state index in [1.807, 2.05) is 19.9 Å². The normalized spacial score (nSPS) is 13.5. The molecule has 0 saturated carbocycles. The summed E-state index contributed by atoms with van der Waals surface area (Å²) in [4.78, 5) is 21.1. The van der Waals surface area contributed by atoms with Gasteiger partial charge in [0.2, 0.25) is 11.9 Å². The first-order valence-electron chi connectivity index (χ1n) is 11.5. The van der Waals surface area contributed by atoms with Crippen LogP contribution in [0.25, 0.3) is 10.9 Å². The number of aryl methyl sites for hydroxylation is 4. The molecule has 164 valence electrons. The van der Waals surface area contributed by atoms with Gasteiger partial charge in [-0.25, -0.2) is 15.0 Å². The van der Waals surface area contributed by atoms with Gasteiger partial charge in [0.15, 0.2) is 0 Å². The second-order valence-corrected chi connectivity index (χ2v) is 8.24. The molecule has 3 aromatic rings. The monoisotopic (exact) mass is 419 g/mol. The molecule has 2 heterocycles. The maximum Gasteiger partial charge on any atom is 0.231 e. The van der Waals surface area contributed by atoms with Gasteiger partial charge in [0, 0.05) is 30.2 Å². The molecule has 0 unspecified atom stereocenters. The number of nitrogens with zero attached hydrogens (tertiary/aromatic N) is 5. The fourth-order valence-corrected chi connectivity index (χ4v) is 4.33. The van der Waals surface area contributed by atoms with Gasteiger partial charge in [-0.3, -0.25) is 5.32 Å². The van der Waals surface area contributed by atoms with Crippen molar-refractivity contribution in [2.45, 2.75) is 53.4 Å². The van der Waals surface area contributed by atoms with Crippen LogP contribution in [0.5, 0.6) is 0 Å². The standard InChI is InChI=1S/C24H33N7/c1-5-31(6-2)14-13-25-21-15-16(3)26-23(28-21)30-24-27-17(4)19-12-11-18-9-7-8-10-20(18)22(19)29-24/h11-12,15H,5-10,13-14H2,1-4H3,(H2,25,26,27,28,29,30). The molecule has 0 fully saturated rings. The highest BCUT2D eigenvalue weighted by Crippen LogP contribution is 2.30. The highest BCUT2D eigenvalue weighted by atomic mass is 15.2. The quantitative estimate of drug-likeness (QED) is 0.560. The highest BCUT2D eigenvalue weighted by Gasteiger charge is 2.16. The van der Waals surface area contributed by atoms with E-state index in [1.165, 1.54) is 24.0 Å². The molecule has 2 aromatic heterocycles. The van der Waals surface area contributed by atoms with Gasteiger partial charge in [0.05, 0.1) is 11.2 Å². The summed E-state index contributed by atoms with van der Waals surface area (Å²) in [6.07, 6.45) is 4.71. The van der Waals surface area contributed by atoms with Crippen molar-refractivity contribution in [3.05, 3.63) is 40.7 Å². The Morgan fingerprint density at radius 1 is 0.935 bits per heavy atom. The molecule has 0 atom stereocenters. The molecular weight excluding hydrogens is 386 g/mol. The van der Waals surface area contributed by atoms with E-state index in [9.17, 15) is 0 Å². The minimum atomic E-state index is 0.522. The number of benzene rings is 1. The van der Waals surface area contributed by atoms with Gasteiger partial charge in [-0.15, -0.1) is 0 Å². The third-order valence-corrected chi connectivity index (χ3v) is 6.09. The van der Waals surface area contributed by atoms with Crippen molar-refractivity contribution in [2.75, 3.05) is 36.8 Å². The van der Waals surface area contributed by atoms with Crippen LogP contribution in [0, 0.1) is 13.8 Å². The lowest BCUT2D eigenvalue weighted by Crippen LogP contribution is -2.28. The molecule has 2 N–H and O–H groups in total. The molecule has 4 rings (SSSR count). The Labute approximate surface area is 184 Å². The zero-order chi connectivity index (χ0) is 21.8. The van der Waals surface area contributed by atoms with E-state index in [2.05, 4.69) is 56.5 Å². The van der Waals surface area contributed by atoms with Gasteiger partial charge in [-0.05, 0) is 63.7 Å². The van der Waals surface area contributed by atoms with E-state index in [0.29, 0.717) is 11.9 Å². The number of rotatable bonds is 8. The van der Waals surface area contributed by atoms with Gasteiger partial charge in [-0.1, -0.05) is 26.0 Å². The first-order chi connectivity index (χ1) is 15.1. The Kier molecular flexibility index (Phi) is 6.61. The maximum absolute atomic E-state index is 4.88. The number of fused-ring (bicyclic) bond motifs is 3. The molecule has 1 aliphatic carbocycles. The van der Waals surface area contributed by atoms with Crippen LogP contribution in [0.1, 0.15) is 49.2 Å². The van der Waals surface area contributed by atoms with E-state index >= 15 is 0 Å². The van der Waals surface area contributed by atoms with Crippen LogP contribution in [0.2, 0.25) is 0 Å². The summed E-state index contributed by atoms with van der Waals surface area (Å²) in [6.45, 7) is 12.3. The van der Waals surface area contributed by atoms with E-state index in [1.54, 1.807) is 0 Å². The number of anilines is 3. The van der Waals surface area contributed by atoms with Crippen molar-refractivity contribution in [2.24, 2.45) is 0 Å². The van der Waals surface area contributed by atoms with Gasteiger partial charge in [0.25, 0.3) is 0 Å². The van der Waals surface area contributed by atoms with Gasteiger partial charge in [0.1, 0.15) is 5.82 Å². The van der Waals surface area contributed by atoms with Crippen LogP contribution < -0.4 is 10.6 Å². The number of likely N-dealkylation sites (N-methyl/N-ethyl adjacent to an activating group) is 1. The number of hydrogen-bond donors (Lipinski definition) is 2. The van der Waals surface area contributed by atoms with E-state index in [0.717, 1.165) is 67.1 Å². The number of nitrogens with one attached hydrogen (secondary N) is 2. The summed E-state index contributed by atoms with van der Waals surface area (Å²) >= 11 is 0. The summed E-state index contributed by atoms with van der Waals surface area (Å²) in [5, 5.41) is 7.81. The molecule has 0 aliphatic heterocycles. The summed E-state index contributed by atoms with van der Waals surface area (Å²) < 4.78 is 0. The largest absolute Gasteiger partial charge is 0.369 e. The van der Waals surface area contributed by atoms with E-state index in [4.69, 9.17) is 4.98 Å². The zero-order valence-electron chi connectivity index (χ0n) is 19.1. The van der Waals surface area contributed by atoms with Crippen molar-refractivity contribution in [3.8, 4) is 0 Å². The van der Waals surface area contributed by atoms with Crippen LogP contribution >= 0.6 is 0 Å². The second kappa shape index (κ2) is 9.56. The van der Waals surface area contributed by atoms with Gasteiger partial charge >= 0.3 is 0 Å². The first kappa shape index (κ1) is 21.4. The molecule has 1 aliphatic rings. The lowest BCUT2D eigenvalue weighted by Gasteiger charge is -2.19. The molecule has 0 bridgehead atoms. The Bertz CT molecular complexity index is 1060. The Hall–Kier alpha value is -2.80. The molecule has 0 amide bonds. The Morgan fingerprint density at radius 2 is 1.71 bits per heavy atom. The molecule has 7 nitrogen and oxygen atoms in total. The van der Waals surface area contributed by atoms with Crippen LogP contribution in [0.15, 0.2) is 18.2 Å². The first-order valence-corrected chi connectivity index (χ1v) is 11.5. The van der Waals surface area contributed by atoms with Crippen molar-refractivity contribution >= 4 is 28.6 Å². The van der Waals surface area contributed by atoms with Gasteiger partial charge in [-0.2, -0.15) is 4.98 Å². The molecule has 0 radical (unpaired) electrons. The Morgan fingerprint density at radius 3 is 2.52 bits per heavy atom. The zero-order valence-corrected chi connectivity index (χ0v) is 19.1. The van der Waals surface area contributed by atoms with Crippen LogP contribution in [-0.4, -0.2) is 51.0 Å². The predicted octanol–water partition coefficient (Wildman–Crippen LogP) is 4.41. The van der Waals surface area contributed by atoms with E-state index < -0.39 is 0 Å². The molecular formula is C24H33N7. The lowest BCUT2D eigenvalue weighted by atomic mass is 9.89. The average molecular weight is 420 g/mol. The fourth-order valence-electron chi connectivity index (χ4n) is 4.33. The van der Waals surface area contributed by atoms with Crippen LogP contribution in [0.4, 0.5) is 17.7 Å². The SMILES string of the molecule is CCN(CC)CCNc1cc(C)nc(Nc2nc(C)c3ccc4c(c3n2)CCCC4)n1. The predicted molar refractivity (Wildman–Crippen MR) is 127 cm³/mol. The molecule has 7 heteroatoms. The van der Waals surface area contributed by atoms with Crippen LogP contribution in [-0.2, 0) is 12.8 Å². The topological polar surface area (TPSA) is 78.9 Å². The average Bonchev–Trinajstić information content (AvgIpc) is 2.76. The maximum atomic E-state index is 4.88. The summed E-state index contributed by atoms with van der Waals surface area (Å²) in [5.74, 6) is 1.90. The van der Waals surface area contributed by atoms with Crippen molar-refractivity contribution < 1.29 is 0 Å². The van der Waals surface area contributed by atoms with Crippen molar-refractivity contribution in [1.82, 2.24) is 24.8 Å². The summed E-state index contributed by atoms with van der Waals surface area (Å²) in [5.41, 5.74) is 5.75. The minimum absolute atomic E-state index is 0.522. The smallest absolute Gasteiger partial charge is 0.231 e. The third kappa shape index (κ3) is 4.93. The highest BCUT2D eigenvalue weighted by molar-refractivity contribution is 5.86. The minimum Gasteiger partial charge on any atom is -0.369 e. The van der Waals surface area contributed by atoms with Crippen molar-refractivity contribution in [1.29, 1.82) is 0 Å². The van der Waals surface area contributed by atoms with Crippen molar-refractivity contribution in [3.63, 3.8) is 0 Å². The summed E-state index contributed by atoms with van der Waals surface area (Å²) in [6, 6.07) is 6.39. The van der Waals surface area contributed by atoms with Gasteiger partial charge < -0.3 is 10.2 Å². The fraction of sp³-hybridized carbons (Fsp3) is 0.500. The number of hydrogen-bond acceptors (Lipinski definition) is 7. The molecule has 0 saturated heterocycles.